The van der Waals surface area contributed by atoms with Crippen molar-refractivity contribution in [3.05, 3.63) is 41.5 Å². The molecule has 0 bridgehead atoms. The molecule has 1 aliphatic heterocycles. The molecule has 1 aromatic rings. The van der Waals surface area contributed by atoms with E-state index in [4.69, 9.17) is 0 Å². The van der Waals surface area contributed by atoms with Gasteiger partial charge in [-0.05, 0) is 37.3 Å². The second kappa shape index (κ2) is 5.71. The lowest BCUT2D eigenvalue weighted by atomic mass is 9.99. The summed E-state index contributed by atoms with van der Waals surface area (Å²) in [6.07, 6.45) is 10.7. The predicted octanol–water partition coefficient (Wildman–Crippen LogP) is 3.91. The van der Waals surface area contributed by atoms with E-state index in [0.29, 0.717) is 0 Å². The van der Waals surface area contributed by atoms with Crippen LogP contribution in [0.25, 0.3) is 6.08 Å². The summed E-state index contributed by atoms with van der Waals surface area (Å²) in [6, 6.07) is 12.3. The van der Waals surface area contributed by atoms with Crippen molar-refractivity contribution >= 4 is 6.08 Å². The molecule has 1 radical (unpaired) electrons. The Bertz CT molecular complexity index is 391. The number of piperidine rings is 1. The van der Waals surface area contributed by atoms with Crippen molar-refractivity contribution in [1.29, 1.82) is 0 Å². The Morgan fingerprint density at radius 1 is 1.06 bits per heavy atom. The monoisotopic (exact) mass is 240 g/mol. The van der Waals surface area contributed by atoms with Crippen molar-refractivity contribution in [3.63, 3.8) is 0 Å². The van der Waals surface area contributed by atoms with Gasteiger partial charge in [0, 0.05) is 19.1 Å². The first-order valence-electron chi connectivity index (χ1n) is 7.31. The van der Waals surface area contributed by atoms with Crippen LogP contribution in [-0.4, -0.2) is 24.0 Å². The van der Waals surface area contributed by atoms with Crippen LogP contribution < -0.4 is 0 Å². The molecule has 1 aliphatic carbocycles. The molecule has 0 atom stereocenters. The maximum atomic E-state index is 3.08. The van der Waals surface area contributed by atoms with E-state index in [2.05, 4.69) is 29.2 Å². The first-order chi connectivity index (χ1) is 8.92. The van der Waals surface area contributed by atoms with E-state index in [9.17, 15) is 0 Å². The summed E-state index contributed by atoms with van der Waals surface area (Å²) < 4.78 is 0. The van der Waals surface area contributed by atoms with Gasteiger partial charge in [-0.3, -0.25) is 4.90 Å². The van der Waals surface area contributed by atoms with Crippen molar-refractivity contribution < 1.29 is 0 Å². The highest BCUT2D eigenvalue weighted by molar-refractivity contribution is 5.52. The highest BCUT2D eigenvalue weighted by Gasteiger charge is 2.24. The lowest BCUT2D eigenvalue weighted by Crippen LogP contribution is -2.38. The summed E-state index contributed by atoms with van der Waals surface area (Å²) in [5, 5.41) is 0. The van der Waals surface area contributed by atoms with Gasteiger partial charge in [0.15, 0.2) is 0 Å². The Balaban J connectivity index is 1.58. The van der Waals surface area contributed by atoms with Crippen LogP contribution in [0.3, 0.4) is 0 Å². The van der Waals surface area contributed by atoms with Gasteiger partial charge in [-0.2, -0.15) is 0 Å². The number of nitrogens with zero attached hydrogens (tertiary/aromatic N) is 1. The Morgan fingerprint density at radius 3 is 2.39 bits per heavy atom. The average Bonchev–Trinajstić information content (AvgIpc) is 2.95. The zero-order valence-corrected chi connectivity index (χ0v) is 11.1. The Morgan fingerprint density at radius 2 is 1.72 bits per heavy atom. The zero-order valence-electron chi connectivity index (χ0n) is 11.1. The van der Waals surface area contributed by atoms with Crippen LogP contribution in [0.15, 0.2) is 29.8 Å². The summed E-state index contributed by atoms with van der Waals surface area (Å²) in [7, 11) is 0. The second-order valence-electron chi connectivity index (χ2n) is 5.61. The molecule has 1 aromatic carbocycles. The van der Waals surface area contributed by atoms with Crippen molar-refractivity contribution in [3.8, 4) is 0 Å². The van der Waals surface area contributed by atoms with Gasteiger partial charge >= 0.3 is 0 Å². The van der Waals surface area contributed by atoms with Crippen molar-refractivity contribution in [2.24, 2.45) is 0 Å². The maximum Gasteiger partial charge on any atom is 0.00955 e. The molecule has 0 aromatic heterocycles. The molecule has 0 amide bonds. The molecule has 0 N–H and O–H groups in total. The summed E-state index contributed by atoms with van der Waals surface area (Å²) >= 11 is 0. The van der Waals surface area contributed by atoms with Crippen LogP contribution in [0.4, 0.5) is 0 Å². The third-order valence-corrected chi connectivity index (χ3v) is 4.40. The van der Waals surface area contributed by atoms with Crippen LogP contribution in [0, 0.1) is 6.07 Å². The molecule has 1 heteroatoms. The van der Waals surface area contributed by atoms with Crippen LogP contribution in [-0.2, 0) is 0 Å². The molecule has 95 valence electrons. The highest BCUT2D eigenvalue weighted by Crippen LogP contribution is 2.28. The summed E-state index contributed by atoms with van der Waals surface area (Å²) in [5.74, 6) is 0. The van der Waals surface area contributed by atoms with Gasteiger partial charge < -0.3 is 0 Å². The first-order valence-corrected chi connectivity index (χ1v) is 7.31. The van der Waals surface area contributed by atoms with Crippen LogP contribution in [0.1, 0.15) is 44.1 Å². The second-order valence-corrected chi connectivity index (χ2v) is 5.61. The fraction of sp³-hybridized carbons (Fsp3) is 0.529. The first kappa shape index (κ1) is 12.0. The highest BCUT2D eigenvalue weighted by atomic mass is 15.2. The molecular formula is C17H22N. The fourth-order valence-corrected chi connectivity index (χ4v) is 3.32. The Kier molecular flexibility index (Phi) is 3.80. The van der Waals surface area contributed by atoms with Crippen molar-refractivity contribution in [2.45, 2.75) is 44.6 Å². The van der Waals surface area contributed by atoms with Gasteiger partial charge in [-0.15, -0.1) is 0 Å². The molecule has 0 unspecified atom stereocenters. The predicted molar refractivity (Wildman–Crippen MR) is 76.3 cm³/mol. The zero-order chi connectivity index (χ0) is 12.2. The van der Waals surface area contributed by atoms with E-state index in [1.54, 1.807) is 5.57 Å². The molecule has 18 heavy (non-hydrogen) atoms. The molecule has 3 rings (SSSR count). The van der Waals surface area contributed by atoms with E-state index in [-0.39, 0.29) is 0 Å². The lowest BCUT2D eigenvalue weighted by Gasteiger charge is -2.33. The number of benzene rings is 1. The lowest BCUT2D eigenvalue weighted by molar-refractivity contribution is 0.186. The third kappa shape index (κ3) is 2.84. The topological polar surface area (TPSA) is 3.24 Å². The molecule has 1 saturated carbocycles. The standard InChI is InChI=1S/C17H22N/c1-2-6-15(7-3-1)14-16-10-12-18(13-11-16)17-8-4-5-9-17/h2-3,6-7,14,17H,4-5,8-13H2. The van der Waals surface area contributed by atoms with Crippen LogP contribution in [0.2, 0.25) is 0 Å². The van der Waals surface area contributed by atoms with Crippen molar-refractivity contribution in [1.82, 2.24) is 4.90 Å². The van der Waals surface area contributed by atoms with Gasteiger partial charge in [0.1, 0.15) is 0 Å². The Labute approximate surface area is 111 Å². The Hall–Kier alpha value is -1.08. The fourth-order valence-electron chi connectivity index (χ4n) is 3.32. The quantitative estimate of drug-likeness (QED) is 0.757. The molecular weight excluding hydrogens is 218 g/mol. The summed E-state index contributed by atoms with van der Waals surface area (Å²) in [4.78, 5) is 2.73. The molecule has 2 aliphatic rings. The normalized spacial score (nSPS) is 22.3. The minimum atomic E-state index is 0.901. The van der Waals surface area contributed by atoms with Crippen molar-refractivity contribution in [2.75, 3.05) is 13.1 Å². The van der Waals surface area contributed by atoms with Gasteiger partial charge in [-0.1, -0.05) is 48.8 Å². The van der Waals surface area contributed by atoms with E-state index in [0.717, 1.165) is 6.04 Å². The van der Waals surface area contributed by atoms with E-state index < -0.39 is 0 Å². The largest absolute Gasteiger partial charge is 0.300 e. The van der Waals surface area contributed by atoms with Gasteiger partial charge in [0.25, 0.3) is 0 Å². The van der Waals surface area contributed by atoms with Gasteiger partial charge in [-0.25, -0.2) is 0 Å². The minimum absolute atomic E-state index is 0.901. The molecule has 1 nitrogen and oxygen atoms in total. The van der Waals surface area contributed by atoms with E-state index in [1.165, 1.54) is 57.2 Å². The van der Waals surface area contributed by atoms with Crippen LogP contribution in [0.5, 0.6) is 0 Å². The van der Waals surface area contributed by atoms with E-state index >= 15 is 0 Å². The summed E-state index contributed by atoms with van der Waals surface area (Å²) in [6.45, 7) is 2.55. The molecule has 1 heterocycles. The smallest absolute Gasteiger partial charge is 0.00955 e. The average molecular weight is 240 g/mol. The number of hydrogen-bond acceptors (Lipinski definition) is 1. The third-order valence-electron chi connectivity index (χ3n) is 4.40. The number of hydrogen-bond donors (Lipinski definition) is 0. The van der Waals surface area contributed by atoms with E-state index in [1.807, 2.05) is 12.1 Å². The number of likely N-dealkylation sites (tertiary alicyclic amines) is 1. The van der Waals surface area contributed by atoms with Gasteiger partial charge in [0.05, 0.1) is 0 Å². The molecule has 1 saturated heterocycles. The number of rotatable bonds is 2. The van der Waals surface area contributed by atoms with Gasteiger partial charge in [0.2, 0.25) is 0 Å². The molecule has 2 fully saturated rings. The maximum absolute atomic E-state index is 3.08. The molecule has 0 spiro atoms. The summed E-state index contributed by atoms with van der Waals surface area (Å²) in [5.41, 5.74) is 2.95. The minimum Gasteiger partial charge on any atom is -0.300 e. The SMILES string of the molecule is [c]1ccc(C=C2CCN(C3CCCC3)CC2)cc1. The van der Waals surface area contributed by atoms with Crippen LogP contribution >= 0.6 is 0 Å².